The number of hydrogen-bond acceptors (Lipinski definition) is 6. The number of aromatic nitrogens is 2. The van der Waals surface area contributed by atoms with E-state index in [4.69, 9.17) is 15.1 Å². The lowest BCUT2D eigenvalue weighted by Gasteiger charge is -2.13. The van der Waals surface area contributed by atoms with Crippen molar-refractivity contribution in [2.75, 3.05) is 25.1 Å². The number of amides is 1. The van der Waals surface area contributed by atoms with Crippen LogP contribution in [0.15, 0.2) is 36.5 Å². The number of aryl methyl sites for hydroxylation is 3. The van der Waals surface area contributed by atoms with Crippen molar-refractivity contribution in [2.24, 2.45) is 7.05 Å². The van der Waals surface area contributed by atoms with Crippen LogP contribution < -0.4 is 10.8 Å². The number of hydrogen-bond donors (Lipinski definition) is 4. The van der Waals surface area contributed by atoms with Gasteiger partial charge in [0.25, 0.3) is 5.91 Å². The van der Waals surface area contributed by atoms with Crippen LogP contribution in [0.25, 0.3) is 11.0 Å². The number of carbonyl (C=O) groups is 1. The third-order valence-corrected chi connectivity index (χ3v) is 4.17. The van der Waals surface area contributed by atoms with Crippen molar-refractivity contribution in [3.8, 4) is 0 Å². The number of benzene rings is 1. The van der Waals surface area contributed by atoms with Gasteiger partial charge in [-0.1, -0.05) is 31.5 Å². The summed E-state index contributed by atoms with van der Waals surface area (Å²) in [4.78, 5) is 22.1. The fourth-order valence-corrected chi connectivity index (χ4v) is 2.93. The van der Waals surface area contributed by atoms with Gasteiger partial charge < -0.3 is 20.1 Å². The van der Waals surface area contributed by atoms with Gasteiger partial charge in [-0.05, 0) is 44.5 Å². The van der Waals surface area contributed by atoms with Crippen LogP contribution in [-0.4, -0.2) is 45.5 Å². The number of carbonyl (C=O) groups excluding carboxylic acids is 1. The molecule has 0 fully saturated rings. The van der Waals surface area contributed by atoms with Crippen molar-refractivity contribution in [3.05, 3.63) is 53.2 Å². The molecule has 170 valence electrons. The van der Waals surface area contributed by atoms with Crippen LogP contribution in [0, 0.1) is 13.8 Å². The average molecular weight is 431 g/mol. The summed E-state index contributed by atoms with van der Waals surface area (Å²) in [6, 6.07) is 9.71. The Balaban J connectivity index is 0.000000884. The van der Waals surface area contributed by atoms with Gasteiger partial charge in [-0.25, -0.2) is 10.5 Å². The van der Waals surface area contributed by atoms with Crippen molar-refractivity contribution >= 4 is 28.4 Å². The smallest absolute Gasteiger partial charge is 0.279 e. The molecule has 0 unspecified atom stereocenters. The number of aliphatic hydroxyl groups excluding tert-OH is 2. The summed E-state index contributed by atoms with van der Waals surface area (Å²) >= 11 is 0. The maximum Gasteiger partial charge on any atom is 0.279 e. The minimum absolute atomic E-state index is 0.0224. The van der Waals surface area contributed by atoms with E-state index in [0.717, 1.165) is 11.3 Å². The van der Waals surface area contributed by atoms with Crippen molar-refractivity contribution in [3.63, 3.8) is 0 Å². The second kappa shape index (κ2) is 13.4. The second-order valence-corrected chi connectivity index (χ2v) is 6.42. The summed E-state index contributed by atoms with van der Waals surface area (Å²) in [5.41, 5.74) is 6.65. The standard InChI is InChI=1S/C19H22N4O3.C2H6O.C2H6/c1-12-6-7-15(13(2)11-12)21-18-16(19(25)22-26-10-9-24)14-5-4-8-20-17(14)23(18)3;1-2-3;1-2/h4-8,11,21,24H,9-10H2,1-3H3,(H,22,25);3H,2H2,1H3;1-2H3. The van der Waals surface area contributed by atoms with E-state index >= 15 is 0 Å². The average Bonchev–Trinajstić information content (AvgIpc) is 3.04. The first kappa shape index (κ1) is 26.1. The van der Waals surface area contributed by atoms with Gasteiger partial charge in [0.15, 0.2) is 0 Å². The highest BCUT2D eigenvalue weighted by Gasteiger charge is 2.22. The molecule has 1 aromatic carbocycles. The minimum atomic E-state index is -0.399. The summed E-state index contributed by atoms with van der Waals surface area (Å²) in [5.74, 6) is 0.222. The van der Waals surface area contributed by atoms with Gasteiger partial charge in [-0.15, -0.1) is 0 Å². The first-order valence-electron chi connectivity index (χ1n) is 10.4. The number of fused-ring (bicyclic) bond motifs is 1. The molecular weight excluding hydrogens is 396 g/mol. The van der Waals surface area contributed by atoms with E-state index in [2.05, 4.69) is 21.8 Å². The quantitative estimate of drug-likeness (QED) is 0.351. The van der Waals surface area contributed by atoms with E-state index in [1.165, 1.54) is 5.56 Å². The first-order valence-corrected chi connectivity index (χ1v) is 10.4. The van der Waals surface area contributed by atoms with E-state index in [0.29, 0.717) is 22.4 Å². The van der Waals surface area contributed by atoms with Crippen LogP contribution in [0.2, 0.25) is 0 Å². The number of nitrogens with one attached hydrogen (secondary N) is 2. The molecule has 0 saturated carbocycles. The molecule has 0 aliphatic heterocycles. The Kier molecular flexibility index (Phi) is 11.3. The number of hydroxylamine groups is 1. The molecular formula is C23H34N4O4. The fourth-order valence-electron chi connectivity index (χ4n) is 2.93. The van der Waals surface area contributed by atoms with Crippen LogP contribution in [0.4, 0.5) is 11.5 Å². The molecule has 0 aliphatic rings. The Morgan fingerprint density at radius 1 is 1.19 bits per heavy atom. The Hall–Kier alpha value is -2.94. The molecule has 2 heterocycles. The molecule has 8 nitrogen and oxygen atoms in total. The fraction of sp³-hybridized carbons (Fsp3) is 0.391. The van der Waals surface area contributed by atoms with Crippen molar-refractivity contribution < 1.29 is 19.8 Å². The maximum absolute atomic E-state index is 12.7. The number of aliphatic hydroxyl groups is 2. The van der Waals surface area contributed by atoms with Crippen molar-refractivity contribution in [2.45, 2.75) is 34.6 Å². The second-order valence-electron chi connectivity index (χ2n) is 6.42. The molecule has 8 heteroatoms. The summed E-state index contributed by atoms with van der Waals surface area (Å²) in [7, 11) is 1.85. The maximum atomic E-state index is 12.7. The van der Waals surface area contributed by atoms with Gasteiger partial charge in [-0.2, -0.15) is 0 Å². The molecule has 2 aromatic heterocycles. The van der Waals surface area contributed by atoms with Crippen LogP contribution in [0.1, 0.15) is 42.3 Å². The van der Waals surface area contributed by atoms with Crippen LogP contribution >= 0.6 is 0 Å². The summed E-state index contributed by atoms with van der Waals surface area (Å²) in [6.07, 6.45) is 1.69. The third-order valence-electron chi connectivity index (χ3n) is 4.17. The molecule has 0 aliphatic carbocycles. The molecule has 1 amide bonds. The van der Waals surface area contributed by atoms with E-state index < -0.39 is 5.91 Å². The first-order chi connectivity index (χ1) is 14.9. The van der Waals surface area contributed by atoms with Crippen molar-refractivity contribution in [1.29, 1.82) is 0 Å². The SMILES string of the molecule is CC.CCO.Cc1ccc(Nc2c(C(=O)NOCCO)c3cccnc3n2C)c(C)c1. The molecule has 0 atom stereocenters. The largest absolute Gasteiger partial charge is 0.397 e. The molecule has 3 rings (SSSR count). The lowest BCUT2D eigenvalue weighted by molar-refractivity contribution is 0.0170. The highest BCUT2D eigenvalue weighted by atomic mass is 16.7. The van der Waals surface area contributed by atoms with Gasteiger partial charge in [0.1, 0.15) is 11.5 Å². The van der Waals surface area contributed by atoms with Crippen LogP contribution in [0.5, 0.6) is 0 Å². The van der Waals surface area contributed by atoms with Crippen LogP contribution in [0.3, 0.4) is 0 Å². The van der Waals surface area contributed by atoms with E-state index in [9.17, 15) is 4.79 Å². The lowest BCUT2D eigenvalue weighted by atomic mass is 10.1. The molecule has 31 heavy (non-hydrogen) atoms. The summed E-state index contributed by atoms with van der Waals surface area (Å²) in [6.45, 7) is 9.83. The zero-order chi connectivity index (χ0) is 23.4. The molecule has 3 aromatic rings. The number of nitrogens with zero attached hydrogens (tertiary/aromatic N) is 2. The Labute approximate surface area is 183 Å². The molecule has 0 spiro atoms. The zero-order valence-corrected chi connectivity index (χ0v) is 19.2. The Morgan fingerprint density at radius 2 is 1.87 bits per heavy atom. The van der Waals surface area contributed by atoms with Gasteiger partial charge in [0.2, 0.25) is 0 Å². The third kappa shape index (κ3) is 6.78. The minimum Gasteiger partial charge on any atom is -0.397 e. The van der Waals surface area contributed by atoms with Gasteiger partial charge in [0.05, 0.1) is 18.8 Å². The van der Waals surface area contributed by atoms with E-state index in [1.807, 2.05) is 57.5 Å². The van der Waals surface area contributed by atoms with E-state index in [-0.39, 0.29) is 19.8 Å². The van der Waals surface area contributed by atoms with Crippen LogP contribution in [-0.2, 0) is 11.9 Å². The zero-order valence-electron chi connectivity index (χ0n) is 19.2. The van der Waals surface area contributed by atoms with Crippen molar-refractivity contribution in [1.82, 2.24) is 15.0 Å². The predicted molar refractivity (Wildman–Crippen MR) is 125 cm³/mol. The molecule has 0 bridgehead atoms. The van der Waals surface area contributed by atoms with Gasteiger partial charge in [-0.3, -0.25) is 9.63 Å². The molecule has 4 N–H and O–H groups in total. The Morgan fingerprint density at radius 3 is 2.48 bits per heavy atom. The topological polar surface area (TPSA) is 109 Å². The number of pyridine rings is 1. The number of rotatable bonds is 6. The normalized spacial score (nSPS) is 9.94. The van der Waals surface area contributed by atoms with Gasteiger partial charge in [0, 0.05) is 30.9 Å². The lowest BCUT2D eigenvalue weighted by Crippen LogP contribution is -2.25. The monoisotopic (exact) mass is 430 g/mol. The highest BCUT2D eigenvalue weighted by molar-refractivity contribution is 6.11. The predicted octanol–water partition coefficient (Wildman–Crippen LogP) is 3.61. The molecule has 0 radical (unpaired) electrons. The van der Waals surface area contributed by atoms with E-state index in [1.54, 1.807) is 19.2 Å². The van der Waals surface area contributed by atoms with Gasteiger partial charge >= 0.3 is 0 Å². The Bertz CT molecular complexity index is 970. The highest BCUT2D eigenvalue weighted by Crippen LogP contribution is 2.31. The number of anilines is 2. The molecule has 0 saturated heterocycles. The summed E-state index contributed by atoms with van der Waals surface area (Å²) in [5, 5.41) is 20.5. The summed E-state index contributed by atoms with van der Waals surface area (Å²) < 4.78 is 1.84.